The SMILES string of the molecule is C[C@@H]1[C@H](C2(C)C(F)=C(F)C=CC2F)CCC(=O)N1CC(F)(F)F. The van der Waals surface area contributed by atoms with E-state index in [1.54, 1.807) is 0 Å². The summed E-state index contributed by atoms with van der Waals surface area (Å²) in [7, 11) is 0. The maximum atomic E-state index is 14.3. The Morgan fingerprint density at radius 2 is 1.96 bits per heavy atom. The minimum atomic E-state index is -4.62. The van der Waals surface area contributed by atoms with Crippen LogP contribution >= 0.6 is 0 Å². The highest BCUT2D eigenvalue weighted by atomic mass is 19.4. The average molecular weight is 341 g/mol. The smallest absolute Gasteiger partial charge is 0.331 e. The van der Waals surface area contributed by atoms with Crippen LogP contribution in [0.1, 0.15) is 26.7 Å². The summed E-state index contributed by atoms with van der Waals surface area (Å²) in [6.07, 6.45) is -5.22. The lowest BCUT2D eigenvalue weighted by molar-refractivity contribution is -0.174. The number of piperidine rings is 1. The van der Waals surface area contributed by atoms with Crippen molar-refractivity contribution < 1.29 is 31.1 Å². The average Bonchev–Trinajstić information content (AvgIpc) is 2.44. The summed E-state index contributed by atoms with van der Waals surface area (Å²) < 4.78 is 80.1. The van der Waals surface area contributed by atoms with Crippen LogP contribution in [0.2, 0.25) is 0 Å². The highest BCUT2D eigenvalue weighted by Gasteiger charge is 2.53. The van der Waals surface area contributed by atoms with Gasteiger partial charge in [0.05, 0.1) is 5.41 Å². The molecule has 1 amide bonds. The molecule has 1 fully saturated rings. The van der Waals surface area contributed by atoms with Crippen LogP contribution in [0.4, 0.5) is 26.3 Å². The zero-order chi connectivity index (χ0) is 17.6. The lowest BCUT2D eigenvalue weighted by atomic mass is 9.64. The van der Waals surface area contributed by atoms with Crippen molar-refractivity contribution in [2.45, 2.75) is 45.1 Å². The first kappa shape index (κ1) is 17.9. The minimum Gasteiger partial charge on any atom is -0.331 e. The van der Waals surface area contributed by atoms with Gasteiger partial charge in [-0.3, -0.25) is 4.79 Å². The molecular formula is C15H17F6NO. The maximum absolute atomic E-state index is 14.3. The summed E-state index contributed by atoms with van der Waals surface area (Å²) in [5.74, 6) is -4.23. The van der Waals surface area contributed by atoms with Crippen molar-refractivity contribution in [3.63, 3.8) is 0 Å². The van der Waals surface area contributed by atoms with Gasteiger partial charge in [0.25, 0.3) is 0 Å². The van der Waals surface area contributed by atoms with Crippen LogP contribution in [0.15, 0.2) is 23.8 Å². The van der Waals surface area contributed by atoms with Gasteiger partial charge in [-0.2, -0.15) is 13.2 Å². The van der Waals surface area contributed by atoms with E-state index < -0.39 is 53.8 Å². The number of carbonyl (C=O) groups excluding carboxylic acids is 1. The Bertz CT molecular complexity index is 555. The molecule has 1 aliphatic heterocycles. The summed E-state index contributed by atoms with van der Waals surface area (Å²) >= 11 is 0. The molecule has 0 aromatic rings. The van der Waals surface area contributed by atoms with Crippen molar-refractivity contribution in [3.8, 4) is 0 Å². The van der Waals surface area contributed by atoms with Gasteiger partial charge in [0.1, 0.15) is 18.5 Å². The first-order valence-corrected chi connectivity index (χ1v) is 7.22. The Balaban J connectivity index is 2.36. The van der Waals surface area contributed by atoms with E-state index in [1.165, 1.54) is 6.92 Å². The minimum absolute atomic E-state index is 0.000181. The number of allylic oxidation sites excluding steroid dienone is 4. The lowest BCUT2D eigenvalue weighted by Gasteiger charge is -2.48. The normalized spacial score (nSPS) is 35.9. The van der Waals surface area contributed by atoms with E-state index >= 15 is 0 Å². The number of rotatable bonds is 2. The summed E-state index contributed by atoms with van der Waals surface area (Å²) in [5, 5.41) is 0. The van der Waals surface area contributed by atoms with E-state index in [0.29, 0.717) is 11.0 Å². The summed E-state index contributed by atoms with van der Waals surface area (Å²) in [6, 6.07) is -1.06. The van der Waals surface area contributed by atoms with Crippen LogP contribution in [0, 0.1) is 11.3 Å². The second-order valence-corrected chi connectivity index (χ2v) is 6.23. The van der Waals surface area contributed by atoms with Gasteiger partial charge in [0.15, 0.2) is 5.83 Å². The molecule has 4 atom stereocenters. The molecule has 0 aromatic heterocycles. The van der Waals surface area contributed by atoms with Crippen LogP contribution in [-0.2, 0) is 4.79 Å². The molecule has 2 rings (SSSR count). The van der Waals surface area contributed by atoms with Crippen molar-refractivity contribution in [2.24, 2.45) is 11.3 Å². The predicted octanol–water partition coefficient (Wildman–Crippen LogP) is 4.24. The number of amides is 1. The van der Waals surface area contributed by atoms with Crippen LogP contribution < -0.4 is 0 Å². The topological polar surface area (TPSA) is 20.3 Å². The van der Waals surface area contributed by atoms with E-state index in [2.05, 4.69) is 0 Å². The fraction of sp³-hybridized carbons (Fsp3) is 0.667. The third-order valence-electron chi connectivity index (χ3n) is 4.85. The third kappa shape index (κ3) is 3.12. The summed E-state index contributed by atoms with van der Waals surface area (Å²) in [6.45, 7) is 0.980. The Hall–Kier alpha value is -1.47. The molecular weight excluding hydrogens is 324 g/mol. The second-order valence-electron chi connectivity index (χ2n) is 6.23. The first-order valence-electron chi connectivity index (χ1n) is 7.22. The van der Waals surface area contributed by atoms with E-state index in [1.807, 2.05) is 0 Å². The summed E-state index contributed by atoms with van der Waals surface area (Å²) in [5.41, 5.74) is -1.93. The Kier molecular flexibility index (Phi) is 4.56. The van der Waals surface area contributed by atoms with Gasteiger partial charge < -0.3 is 4.90 Å². The Labute approximate surface area is 129 Å². The molecule has 0 spiro atoms. The number of hydrogen-bond donors (Lipinski definition) is 0. The molecule has 23 heavy (non-hydrogen) atoms. The largest absolute Gasteiger partial charge is 0.406 e. The molecule has 2 unspecified atom stereocenters. The third-order valence-corrected chi connectivity index (χ3v) is 4.85. The predicted molar refractivity (Wildman–Crippen MR) is 71.3 cm³/mol. The molecule has 8 heteroatoms. The maximum Gasteiger partial charge on any atom is 0.406 e. The van der Waals surface area contributed by atoms with Gasteiger partial charge in [-0.25, -0.2) is 13.2 Å². The van der Waals surface area contributed by atoms with Crippen molar-refractivity contribution in [2.75, 3.05) is 6.54 Å². The fourth-order valence-electron chi connectivity index (χ4n) is 3.52. The van der Waals surface area contributed by atoms with Gasteiger partial charge in [-0.05, 0) is 38.3 Å². The first-order chi connectivity index (χ1) is 10.5. The Morgan fingerprint density at radius 1 is 1.35 bits per heavy atom. The quantitative estimate of drug-likeness (QED) is 0.688. The number of halogens is 6. The van der Waals surface area contributed by atoms with E-state index in [0.717, 1.165) is 13.0 Å². The monoisotopic (exact) mass is 341 g/mol. The van der Waals surface area contributed by atoms with Gasteiger partial charge in [0.2, 0.25) is 5.91 Å². The van der Waals surface area contributed by atoms with Crippen molar-refractivity contribution >= 4 is 5.91 Å². The number of likely N-dealkylation sites (tertiary alicyclic amines) is 1. The zero-order valence-corrected chi connectivity index (χ0v) is 12.6. The zero-order valence-electron chi connectivity index (χ0n) is 12.6. The molecule has 0 saturated carbocycles. The van der Waals surface area contributed by atoms with Gasteiger partial charge in [0, 0.05) is 12.5 Å². The molecule has 2 nitrogen and oxygen atoms in total. The molecule has 1 saturated heterocycles. The van der Waals surface area contributed by atoms with Gasteiger partial charge >= 0.3 is 6.18 Å². The number of alkyl halides is 4. The van der Waals surface area contributed by atoms with E-state index in [4.69, 9.17) is 0 Å². The standard InChI is InChI=1S/C15H17F6NO/c1-8-9(3-6-12(23)22(8)7-15(19,20)21)14(2)11(17)5-4-10(16)13(14)18/h4-5,8-9,11H,3,6-7H2,1-2H3/t8-,9-,11?,14?/m1/s1. The Morgan fingerprint density at radius 3 is 2.52 bits per heavy atom. The molecule has 0 bridgehead atoms. The second kappa shape index (κ2) is 5.87. The van der Waals surface area contributed by atoms with Crippen molar-refractivity contribution in [1.29, 1.82) is 0 Å². The highest BCUT2D eigenvalue weighted by Crippen LogP contribution is 2.51. The molecule has 1 heterocycles. The molecule has 1 aliphatic carbocycles. The summed E-state index contributed by atoms with van der Waals surface area (Å²) in [4.78, 5) is 12.4. The van der Waals surface area contributed by atoms with Gasteiger partial charge in [-0.15, -0.1) is 0 Å². The molecule has 0 radical (unpaired) electrons. The van der Waals surface area contributed by atoms with Crippen LogP contribution in [0.5, 0.6) is 0 Å². The van der Waals surface area contributed by atoms with Crippen LogP contribution in [-0.4, -0.2) is 35.7 Å². The van der Waals surface area contributed by atoms with E-state index in [9.17, 15) is 31.1 Å². The number of nitrogens with zero attached hydrogens (tertiary/aromatic N) is 1. The lowest BCUT2D eigenvalue weighted by Crippen LogP contribution is -2.56. The van der Waals surface area contributed by atoms with Gasteiger partial charge in [-0.1, -0.05) is 0 Å². The number of carbonyl (C=O) groups is 1. The molecule has 130 valence electrons. The molecule has 0 N–H and O–H groups in total. The highest BCUT2D eigenvalue weighted by molar-refractivity contribution is 5.77. The molecule has 2 aliphatic rings. The fourth-order valence-corrected chi connectivity index (χ4v) is 3.52. The number of hydrogen-bond acceptors (Lipinski definition) is 1. The molecule has 0 aromatic carbocycles. The van der Waals surface area contributed by atoms with Crippen LogP contribution in [0.25, 0.3) is 0 Å². The van der Waals surface area contributed by atoms with E-state index in [-0.39, 0.29) is 12.8 Å². The van der Waals surface area contributed by atoms with Crippen molar-refractivity contribution in [3.05, 3.63) is 23.8 Å². The van der Waals surface area contributed by atoms with Crippen LogP contribution in [0.3, 0.4) is 0 Å². The van der Waals surface area contributed by atoms with Crippen molar-refractivity contribution in [1.82, 2.24) is 4.90 Å².